The molecule has 2 aromatic carbocycles. The fourth-order valence-electron chi connectivity index (χ4n) is 4.96. The summed E-state index contributed by atoms with van der Waals surface area (Å²) in [5.41, 5.74) is 3.60. The number of phenols is 1. The van der Waals surface area contributed by atoms with Gasteiger partial charge in [-0.25, -0.2) is 0 Å². The van der Waals surface area contributed by atoms with Gasteiger partial charge in [-0.1, -0.05) is 18.2 Å². The first-order valence-corrected chi connectivity index (χ1v) is 11.4. The maximum atomic E-state index is 13.6. The zero-order chi connectivity index (χ0) is 24.4. The highest BCUT2D eigenvalue weighted by atomic mass is 16.5. The van der Waals surface area contributed by atoms with Crippen molar-refractivity contribution in [2.75, 3.05) is 20.8 Å². The lowest BCUT2D eigenvalue weighted by molar-refractivity contribution is -0.146. The van der Waals surface area contributed by atoms with Gasteiger partial charge in [0, 0.05) is 29.3 Å². The molecule has 0 saturated heterocycles. The smallest absolute Gasteiger partial charge is 0.315 e. The molecule has 0 saturated carbocycles. The van der Waals surface area contributed by atoms with Gasteiger partial charge in [0.25, 0.3) is 0 Å². The maximum Gasteiger partial charge on any atom is 0.315 e. The van der Waals surface area contributed by atoms with Crippen LogP contribution in [0.2, 0.25) is 0 Å². The van der Waals surface area contributed by atoms with E-state index in [1.807, 2.05) is 24.3 Å². The van der Waals surface area contributed by atoms with Crippen LogP contribution in [0.3, 0.4) is 0 Å². The zero-order valence-electron chi connectivity index (χ0n) is 19.8. The highest BCUT2D eigenvalue weighted by Crippen LogP contribution is 2.48. The van der Waals surface area contributed by atoms with Crippen molar-refractivity contribution in [1.29, 1.82) is 0 Å². The lowest BCUT2D eigenvalue weighted by atomic mass is 9.69. The zero-order valence-corrected chi connectivity index (χ0v) is 19.8. The summed E-state index contributed by atoms with van der Waals surface area (Å²) in [6.45, 7) is 3.78. The number of hydrogen-bond donors (Lipinski definition) is 1. The van der Waals surface area contributed by atoms with Crippen LogP contribution < -0.4 is 9.47 Å². The maximum absolute atomic E-state index is 13.6. The summed E-state index contributed by atoms with van der Waals surface area (Å²) in [5, 5.41) is 10.1. The number of allylic oxidation sites excluding steroid dienone is 2. The van der Waals surface area contributed by atoms with E-state index in [4.69, 9.17) is 19.2 Å². The highest BCUT2D eigenvalue weighted by molar-refractivity contribution is 6.09. The molecule has 7 nitrogen and oxygen atoms in total. The van der Waals surface area contributed by atoms with Gasteiger partial charge in [0.05, 0.1) is 20.8 Å². The van der Waals surface area contributed by atoms with E-state index < -0.39 is 17.8 Å². The first kappa shape index (κ1) is 23.5. The van der Waals surface area contributed by atoms with Crippen LogP contribution in [0.1, 0.15) is 49.7 Å². The molecule has 1 heterocycles. The number of benzene rings is 2. The van der Waals surface area contributed by atoms with Crippen molar-refractivity contribution in [3.05, 3.63) is 64.9 Å². The Morgan fingerprint density at radius 1 is 1.06 bits per heavy atom. The second kappa shape index (κ2) is 9.71. The predicted octanol–water partition coefficient (Wildman–Crippen LogP) is 4.55. The van der Waals surface area contributed by atoms with Crippen molar-refractivity contribution in [2.24, 2.45) is 10.9 Å². The molecular formula is C27H29NO6. The molecule has 0 spiro atoms. The number of aromatic hydroxyl groups is 1. The van der Waals surface area contributed by atoms with Gasteiger partial charge in [0.2, 0.25) is 0 Å². The van der Waals surface area contributed by atoms with Crippen molar-refractivity contribution in [3.63, 3.8) is 0 Å². The van der Waals surface area contributed by atoms with E-state index in [0.717, 1.165) is 11.3 Å². The van der Waals surface area contributed by atoms with Crippen molar-refractivity contribution in [1.82, 2.24) is 0 Å². The summed E-state index contributed by atoms with van der Waals surface area (Å²) in [5.74, 6) is -0.730. The third-order valence-electron chi connectivity index (χ3n) is 6.58. The topological polar surface area (TPSA) is 94.4 Å². The molecule has 2 aliphatic rings. The number of hydrogen-bond acceptors (Lipinski definition) is 7. The average Bonchev–Trinajstić information content (AvgIpc) is 2.83. The lowest BCUT2D eigenvalue weighted by Gasteiger charge is -2.36. The number of ketones is 1. The minimum atomic E-state index is -0.727. The van der Waals surface area contributed by atoms with Crippen molar-refractivity contribution >= 4 is 17.5 Å². The van der Waals surface area contributed by atoms with E-state index in [1.54, 1.807) is 33.1 Å². The summed E-state index contributed by atoms with van der Waals surface area (Å²) < 4.78 is 15.9. The quantitative estimate of drug-likeness (QED) is 0.632. The second-order valence-electron chi connectivity index (χ2n) is 8.55. The van der Waals surface area contributed by atoms with Crippen molar-refractivity contribution in [3.8, 4) is 17.2 Å². The molecule has 178 valence electrons. The molecule has 1 unspecified atom stereocenters. The molecule has 0 aromatic heterocycles. The number of esters is 1. The summed E-state index contributed by atoms with van der Waals surface area (Å²) in [6.07, 6.45) is 0.910. The number of methoxy groups -OCH3 is 2. The summed E-state index contributed by atoms with van der Waals surface area (Å²) in [4.78, 5) is 31.4. The first-order chi connectivity index (χ1) is 16.4. The van der Waals surface area contributed by atoms with Gasteiger partial charge in [-0.05, 0) is 61.6 Å². The molecule has 4 rings (SSSR count). The fourth-order valence-corrected chi connectivity index (χ4v) is 4.96. The SMILES string of the molecule is CCOC(=O)C1C(C)=NC2=C(C(=O)C[C@@H](c3ccc(OC)cc3)C2)[C@H]1c1ccc(O)c(OC)c1. The largest absolute Gasteiger partial charge is 0.504 e. The van der Waals surface area contributed by atoms with E-state index in [0.29, 0.717) is 35.4 Å². The van der Waals surface area contributed by atoms with Gasteiger partial charge in [0.1, 0.15) is 11.7 Å². The van der Waals surface area contributed by atoms with Crippen LogP contribution >= 0.6 is 0 Å². The molecule has 0 fully saturated rings. The summed E-state index contributed by atoms with van der Waals surface area (Å²) in [7, 11) is 3.08. The Kier molecular flexibility index (Phi) is 6.72. The molecule has 0 radical (unpaired) electrons. The predicted molar refractivity (Wildman–Crippen MR) is 128 cm³/mol. The Bertz CT molecular complexity index is 1160. The monoisotopic (exact) mass is 463 g/mol. The number of aliphatic imine (C=N–C) groups is 1. The van der Waals surface area contributed by atoms with Crippen LogP contribution in [-0.4, -0.2) is 43.4 Å². The molecular weight excluding hydrogens is 434 g/mol. The molecule has 7 heteroatoms. The first-order valence-electron chi connectivity index (χ1n) is 11.4. The molecule has 3 atom stereocenters. The van der Waals surface area contributed by atoms with Gasteiger partial charge in [-0.3, -0.25) is 14.6 Å². The number of rotatable bonds is 6. The molecule has 1 N–H and O–H groups in total. The van der Waals surface area contributed by atoms with Gasteiger partial charge in [-0.2, -0.15) is 0 Å². The van der Waals surface area contributed by atoms with Crippen LogP contribution in [0.5, 0.6) is 17.2 Å². The molecule has 0 bridgehead atoms. The van der Waals surface area contributed by atoms with Crippen LogP contribution in [0.15, 0.2) is 58.7 Å². The Morgan fingerprint density at radius 3 is 2.41 bits per heavy atom. The number of phenolic OH excluding ortho intramolecular Hbond substituents is 1. The van der Waals surface area contributed by atoms with Crippen molar-refractivity contribution < 1.29 is 28.9 Å². The minimum absolute atomic E-state index is 0.0103. The summed E-state index contributed by atoms with van der Waals surface area (Å²) >= 11 is 0. The highest BCUT2D eigenvalue weighted by Gasteiger charge is 2.45. The van der Waals surface area contributed by atoms with Gasteiger partial charge in [0.15, 0.2) is 17.3 Å². The van der Waals surface area contributed by atoms with Crippen molar-refractivity contribution in [2.45, 2.75) is 38.5 Å². The molecule has 0 amide bonds. The average molecular weight is 464 g/mol. The van der Waals surface area contributed by atoms with E-state index in [2.05, 4.69) is 0 Å². The normalized spacial score (nSPS) is 22.1. The number of ether oxygens (including phenoxy) is 3. The molecule has 34 heavy (non-hydrogen) atoms. The molecule has 1 aliphatic carbocycles. The minimum Gasteiger partial charge on any atom is -0.504 e. The lowest BCUT2D eigenvalue weighted by Crippen LogP contribution is -2.38. The van der Waals surface area contributed by atoms with Gasteiger partial charge < -0.3 is 19.3 Å². The molecule has 1 aliphatic heterocycles. The Morgan fingerprint density at radius 2 is 1.76 bits per heavy atom. The van der Waals surface area contributed by atoms with E-state index >= 15 is 0 Å². The standard InChI is InChI=1S/C27H29NO6/c1-5-34-27(31)24-15(2)28-20-12-18(16-6-9-19(32-3)10-7-16)13-22(30)26(20)25(24)17-8-11-21(29)23(14-17)33-4/h6-11,14,18,24-25,29H,5,12-13H2,1-4H3/t18-,24?,25-/m0/s1. The van der Waals surface area contributed by atoms with Crippen LogP contribution in [0, 0.1) is 5.92 Å². The second-order valence-corrected chi connectivity index (χ2v) is 8.55. The van der Waals surface area contributed by atoms with Crippen LogP contribution in [0.25, 0.3) is 0 Å². The third kappa shape index (κ3) is 4.30. The van der Waals surface area contributed by atoms with E-state index in [9.17, 15) is 14.7 Å². The van der Waals surface area contributed by atoms with Crippen LogP contribution in [0.4, 0.5) is 0 Å². The van der Waals surface area contributed by atoms with Crippen LogP contribution in [-0.2, 0) is 14.3 Å². The fraction of sp³-hybridized carbons (Fsp3) is 0.370. The van der Waals surface area contributed by atoms with Gasteiger partial charge in [-0.15, -0.1) is 0 Å². The van der Waals surface area contributed by atoms with E-state index in [-0.39, 0.29) is 29.8 Å². The Labute approximate surface area is 199 Å². The van der Waals surface area contributed by atoms with E-state index in [1.165, 1.54) is 13.2 Å². The Hall–Kier alpha value is -3.61. The summed E-state index contributed by atoms with van der Waals surface area (Å²) in [6, 6.07) is 12.7. The van der Waals surface area contributed by atoms with Gasteiger partial charge >= 0.3 is 5.97 Å². The Balaban J connectivity index is 1.79. The number of nitrogens with zero attached hydrogens (tertiary/aromatic N) is 1. The molecule has 2 aromatic rings. The third-order valence-corrected chi connectivity index (χ3v) is 6.58. The number of carbonyl (C=O) groups is 2. The number of Topliss-reactive ketones (excluding diaryl/α,β-unsaturated/α-hetero) is 1. The number of carbonyl (C=O) groups excluding carboxylic acids is 2.